The molecule has 0 radical (unpaired) electrons. The quantitative estimate of drug-likeness (QED) is 0.736. The molecular weight excluding hydrogens is 226 g/mol. The van der Waals surface area contributed by atoms with Crippen LogP contribution in [-0.2, 0) is 19.1 Å². The van der Waals surface area contributed by atoms with E-state index < -0.39 is 12.0 Å². The zero-order chi connectivity index (χ0) is 12.8. The van der Waals surface area contributed by atoms with Gasteiger partial charge < -0.3 is 19.5 Å². The van der Waals surface area contributed by atoms with Crippen molar-refractivity contribution >= 4 is 11.9 Å². The predicted molar refractivity (Wildman–Crippen MR) is 59.6 cm³/mol. The zero-order valence-corrected chi connectivity index (χ0v) is 10.2. The van der Waals surface area contributed by atoms with Crippen LogP contribution >= 0.6 is 0 Å². The number of hydrogen-bond donors (Lipinski definition) is 1. The first-order valence-corrected chi connectivity index (χ1v) is 5.65. The summed E-state index contributed by atoms with van der Waals surface area (Å²) in [6.07, 6.45) is 0.303. The van der Waals surface area contributed by atoms with Gasteiger partial charge in [0, 0.05) is 26.7 Å². The lowest BCUT2D eigenvalue weighted by atomic mass is 10.1. The summed E-state index contributed by atoms with van der Waals surface area (Å²) in [4.78, 5) is 24.3. The first-order chi connectivity index (χ1) is 8.06. The van der Waals surface area contributed by atoms with Crippen LogP contribution in [0.1, 0.15) is 13.3 Å². The van der Waals surface area contributed by atoms with E-state index in [0.717, 1.165) is 0 Å². The van der Waals surface area contributed by atoms with Gasteiger partial charge in [-0.05, 0) is 5.92 Å². The monoisotopic (exact) mass is 245 g/mol. The molecule has 1 heterocycles. The molecule has 6 nitrogen and oxygen atoms in total. The molecular formula is C11H19NO5. The molecule has 0 aliphatic carbocycles. The van der Waals surface area contributed by atoms with Crippen LogP contribution in [0.3, 0.4) is 0 Å². The number of aliphatic carboxylic acids is 1. The van der Waals surface area contributed by atoms with E-state index in [0.29, 0.717) is 26.2 Å². The van der Waals surface area contributed by atoms with Crippen molar-refractivity contribution in [2.24, 2.45) is 5.92 Å². The van der Waals surface area contributed by atoms with Gasteiger partial charge in [0.25, 0.3) is 0 Å². The average Bonchev–Trinajstić information content (AvgIpc) is 2.29. The normalized spacial score (nSPS) is 22.2. The van der Waals surface area contributed by atoms with Gasteiger partial charge in [0.05, 0.1) is 13.2 Å². The van der Waals surface area contributed by atoms with Crippen molar-refractivity contribution < 1.29 is 24.2 Å². The number of carboxylic acid groups (broad SMARTS) is 1. The van der Waals surface area contributed by atoms with Gasteiger partial charge in [-0.1, -0.05) is 6.92 Å². The van der Waals surface area contributed by atoms with Gasteiger partial charge in [0.2, 0.25) is 5.91 Å². The molecule has 98 valence electrons. The molecule has 1 fully saturated rings. The van der Waals surface area contributed by atoms with Gasteiger partial charge in [-0.15, -0.1) is 0 Å². The lowest BCUT2D eigenvalue weighted by Gasteiger charge is -2.33. The molecule has 0 bridgehead atoms. The summed E-state index contributed by atoms with van der Waals surface area (Å²) in [6.45, 7) is 3.20. The van der Waals surface area contributed by atoms with Crippen LogP contribution < -0.4 is 0 Å². The number of hydrogen-bond acceptors (Lipinski definition) is 4. The predicted octanol–water partition coefficient (Wildman–Crippen LogP) is -0.0290. The Kier molecular flexibility index (Phi) is 5.37. The Hall–Kier alpha value is -1.14. The Morgan fingerprint density at radius 3 is 2.88 bits per heavy atom. The topological polar surface area (TPSA) is 76.1 Å². The number of methoxy groups -OCH3 is 1. The summed E-state index contributed by atoms with van der Waals surface area (Å²) in [5.74, 6) is -1.08. The van der Waals surface area contributed by atoms with Crippen molar-refractivity contribution in [1.82, 2.24) is 4.90 Å². The standard InChI is InChI=1S/C11H19NO5/c1-8(6-16-2)5-10(13)12-3-4-17-7-9(12)11(14)15/h8-9H,3-7H2,1-2H3,(H,14,15). The minimum absolute atomic E-state index is 0.0692. The summed E-state index contributed by atoms with van der Waals surface area (Å²) in [7, 11) is 1.58. The van der Waals surface area contributed by atoms with Gasteiger partial charge in [-0.3, -0.25) is 4.79 Å². The van der Waals surface area contributed by atoms with Crippen LogP contribution in [0.5, 0.6) is 0 Å². The lowest BCUT2D eigenvalue weighted by Crippen LogP contribution is -2.52. The highest BCUT2D eigenvalue weighted by Gasteiger charge is 2.32. The summed E-state index contributed by atoms with van der Waals surface area (Å²) < 4.78 is 10.0. The fourth-order valence-corrected chi connectivity index (χ4v) is 1.87. The van der Waals surface area contributed by atoms with Gasteiger partial charge >= 0.3 is 5.97 Å². The number of carbonyl (C=O) groups is 2. The largest absolute Gasteiger partial charge is 0.480 e. The molecule has 0 saturated carbocycles. The molecule has 6 heteroatoms. The average molecular weight is 245 g/mol. The smallest absolute Gasteiger partial charge is 0.328 e. The van der Waals surface area contributed by atoms with Crippen LogP contribution in [-0.4, -0.2) is 61.4 Å². The van der Waals surface area contributed by atoms with Gasteiger partial charge in [-0.25, -0.2) is 4.79 Å². The minimum atomic E-state index is -1.02. The highest BCUT2D eigenvalue weighted by Crippen LogP contribution is 2.12. The number of carboxylic acids is 1. The van der Waals surface area contributed by atoms with E-state index in [2.05, 4.69) is 0 Å². The summed E-state index contributed by atoms with van der Waals surface area (Å²) in [6, 6.07) is -0.856. The fraction of sp³-hybridized carbons (Fsp3) is 0.818. The number of morpholine rings is 1. The number of ether oxygens (including phenoxy) is 2. The van der Waals surface area contributed by atoms with Gasteiger partial charge in [0.15, 0.2) is 6.04 Å². The fourth-order valence-electron chi connectivity index (χ4n) is 1.87. The number of carbonyl (C=O) groups excluding carboxylic acids is 1. The number of amides is 1. The van der Waals surface area contributed by atoms with Gasteiger partial charge in [-0.2, -0.15) is 0 Å². The van der Waals surface area contributed by atoms with Crippen molar-refractivity contribution in [2.45, 2.75) is 19.4 Å². The Morgan fingerprint density at radius 2 is 2.29 bits per heavy atom. The Bertz CT molecular complexity index is 281. The maximum Gasteiger partial charge on any atom is 0.328 e. The number of rotatable bonds is 5. The Labute approximate surface area is 100 Å². The molecule has 17 heavy (non-hydrogen) atoms. The van der Waals surface area contributed by atoms with Gasteiger partial charge in [0.1, 0.15) is 0 Å². The van der Waals surface area contributed by atoms with E-state index in [9.17, 15) is 9.59 Å². The third-order valence-corrected chi connectivity index (χ3v) is 2.71. The third-order valence-electron chi connectivity index (χ3n) is 2.71. The Morgan fingerprint density at radius 1 is 1.59 bits per heavy atom. The first-order valence-electron chi connectivity index (χ1n) is 5.65. The molecule has 1 aliphatic heterocycles. The molecule has 2 atom stereocenters. The third kappa shape index (κ3) is 3.98. The van der Waals surface area contributed by atoms with Crippen molar-refractivity contribution in [2.75, 3.05) is 33.5 Å². The minimum Gasteiger partial charge on any atom is -0.480 e. The van der Waals surface area contributed by atoms with E-state index in [1.807, 2.05) is 6.92 Å². The molecule has 0 aromatic heterocycles. The van der Waals surface area contributed by atoms with E-state index in [4.69, 9.17) is 14.6 Å². The molecule has 1 saturated heterocycles. The molecule has 1 amide bonds. The van der Waals surface area contributed by atoms with Crippen LogP contribution in [0.25, 0.3) is 0 Å². The first kappa shape index (κ1) is 13.9. The molecule has 1 rings (SSSR count). The highest BCUT2D eigenvalue weighted by molar-refractivity contribution is 5.84. The van der Waals surface area contributed by atoms with Crippen LogP contribution in [0, 0.1) is 5.92 Å². The molecule has 0 spiro atoms. The van der Waals surface area contributed by atoms with Crippen molar-refractivity contribution in [3.05, 3.63) is 0 Å². The number of nitrogens with zero attached hydrogens (tertiary/aromatic N) is 1. The summed E-state index contributed by atoms with van der Waals surface area (Å²) in [5, 5.41) is 9.00. The van der Waals surface area contributed by atoms with E-state index in [1.165, 1.54) is 4.90 Å². The maximum atomic E-state index is 11.9. The van der Waals surface area contributed by atoms with E-state index in [1.54, 1.807) is 7.11 Å². The molecule has 0 aromatic rings. The second kappa shape index (κ2) is 6.56. The van der Waals surface area contributed by atoms with E-state index in [-0.39, 0.29) is 18.4 Å². The molecule has 0 aromatic carbocycles. The molecule has 1 N–H and O–H groups in total. The maximum absolute atomic E-state index is 11.9. The van der Waals surface area contributed by atoms with Crippen LogP contribution in [0.15, 0.2) is 0 Å². The lowest BCUT2D eigenvalue weighted by molar-refractivity contribution is -0.158. The highest BCUT2D eigenvalue weighted by atomic mass is 16.5. The summed E-state index contributed by atoms with van der Waals surface area (Å²) in [5.41, 5.74) is 0. The summed E-state index contributed by atoms with van der Waals surface area (Å²) >= 11 is 0. The molecule has 2 unspecified atom stereocenters. The second-order valence-electron chi connectivity index (χ2n) is 4.28. The van der Waals surface area contributed by atoms with Crippen LogP contribution in [0.2, 0.25) is 0 Å². The second-order valence-corrected chi connectivity index (χ2v) is 4.28. The van der Waals surface area contributed by atoms with Crippen molar-refractivity contribution in [1.29, 1.82) is 0 Å². The zero-order valence-electron chi connectivity index (χ0n) is 10.2. The Balaban J connectivity index is 2.56. The van der Waals surface area contributed by atoms with Crippen molar-refractivity contribution in [3.63, 3.8) is 0 Å². The van der Waals surface area contributed by atoms with Crippen LogP contribution in [0.4, 0.5) is 0 Å². The van der Waals surface area contributed by atoms with E-state index >= 15 is 0 Å². The SMILES string of the molecule is COCC(C)CC(=O)N1CCOCC1C(=O)O. The molecule has 1 aliphatic rings. The van der Waals surface area contributed by atoms with Crippen molar-refractivity contribution in [3.8, 4) is 0 Å².